The van der Waals surface area contributed by atoms with Gasteiger partial charge in [0.05, 0.1) is 0 Å². The van der Waals surface area contributed by atoms with Crippen LogP contribution in [-0.2, 0) is 7.05 Å². The van der Waals surface area contributed by atoms with E-state index in [0.717, 1.165) is 43.4 Å². The van der Waals surface area contributed by atoms with Gasteiger partial charge in [-0.05, 0) is 18.9 Å². The van der Waals surface area contributed by atoms with E-state index < -0.39 is 0 Å². The lowest BCUT2D eigenvalue weighted by molar-refractivity contribution is 0.496. The van der Waals surface area contributed by atoms with Gasteiger partial charge in [0.1, 0.15) is 5.69 Å². The lowest BCUT2D eigenvalue weighted by atomic mass is 10.1. The minimum Gasteiger partial charge on any atom is -0.339 e. The van der Waals surface area contributed by atoms with Crippen LogP contribution in [0.1, 0.15) is 12.8 Å². The Labute approximate surface area is 105 Å². The molecule has 7 nitrogen and oxygen atoms in total. The van der Waals surface area contributed by atoms with Crippen molar-refractivity contribution in [1.29, 1.82) is 0 Å². The van der Waals surface area contributed by atoms with Gasteiger partial charge in [0, 0.05) is 32.4 Å². The van der Waals surface area contributed by atoms with Gasteiger partial charge in [-0.15, -0.1) is 5.10 Å². The number of aromatic amines is 1. The maximum Gasteiger partial charge on any atom is 0.245 e. The standard InChI is InChI=1S/C11H17N7/c1-17-9(2-5-13-17)10-14-11(16-15-10)18-6-3-8(12)4-7-18/h2,5,8H,3-4,6-7,12H2,1H3,(H,14,15,16). The molecule has 0 spiro atoms. The highest BCUT2D eigenvalue weighted by Gasteiger charge is 2.20. The summed E-state index contributed by atoms with van der Waals surface area (Å²) in [7, 11) is 1.89. The minimum atomic E-state index is 0.316. The first-order valence-corrected chi connectivity index (χ1v) is 6.15. The van der Waals surface area contributed by atoms with Crippen molar-refractivity contribution in [3.05, 3.63) is 12.3 Å². The molecule has 0 saturated carbocycles. The molecule has 96 valence electrons. The lowest BCUT2D eigenvalue weighted by Gasteiger charge is -2.28. The Morgan fingerprint density at radius 3 is 2.83 bits per heavy atom. The molecule has 0 amide bonds. The molecular weight excluding hydrogens is 230 g/mol. The highest BCUT2D eigenvalue weighted by molar-refractivity contribution is 5.51. The zero-order chi connectivity index (χ0) is 12.5. The average Bonchev–Trinajstić information content (AvgIpc) is 2.98. The quantitative estimate of drug-likeness (QED) is 0.787. The number of aryl methyl sites for hydroxylation is 1. The Hall–Kier alpha value is -1.89. The summed E-state index contributed by atoms with van der Waals surface area (Å²) in [5.41, 5.74) is 6.82. The average molecular weight is 247 g/mol. The molecule has 1 aliphatic heterocycles. The molecule has 0 atom stereocenters. The van der Waals surface area contributed by atoms with E-state index >= 15 is 0 Å². The molecule has 1 saturated heterocycles. The van der Waals surface area contributed by atoms with Crippen molar-refractivity contribution in [3.8, 4) is 11.5 Å². The number of rotatable bonds is 2. The predicted octanol–water partition coefficient (Wildman–Crippen LogP) is 0.133. The van der Waals surface area contributed by atoms with Gasteiger partial charge in [-0.1, -0.05) is 0 Å². The van der Waals surface area contributed by atoms with Crippen LogP contribution in [0.3, 0.4) is 0 Å². The molecule has 3 N–H and O–H groups in total. The van der Waals surface area contributed by atoms with Gasteiger partial charge in [-0.2, -0.15) is 10.1 Å². The van der Waals surface area contributed by atoms with Crippen molar-refractivity contribution in [2.45, 2.75) is 18.9 Å². The monoisotopic (exact) mass is 247 g/mol. The lowest BCUT2D eigenvalue weighted by Crippen LogP contribution is -2.40. The van der Waals surface area contributed by atoms with Crippen molar-refractivity contribution < 1.29 is 0 Å². The summed E-state index contributed by atoms with van der Waals surface area (Å²) < 4.78 is 1.77. The molecule has 2 aromatic rings. The van der Waals surface area contributed by atoms with E-state index in [0.29, 0.717) is 6.04 Å². The number of nitrogens with zero attached hydrogens (tertiary/aromatic N) is 5. The number of aromatic nitrogens is 5. The Balaban J connectivity index is 1.80. The molecule has 0 unspecified atom stereocenters. The van der Waals surface area contributed by atoms with Gasteiger partial charge in [0.2, 0.25) is 5.95 Å². The molecule has 1 fully saturated rings. The van der Waals surface area contributed by atoms with Crippen molar-refractivity contribution >= 4 is 5.95 Å². The third kappa shape index (κ3) is 1.97. The van der Waals surface area contributed by atoms with Gasteiger partial charge >= 0.3 is 0 Å². The third-order valence-electron chi connectivity index (χ3n) is 3.36. The maximum absolute atomic E-state index is 5.89. The number of nitrogens with one attached hydrogen (secondary N) is 1. The Morgan fingerprint density at radius 1 is 1.39 bits per heavy atom. The van der Waals surface area contributed by atoms with E-state index in [-0.39, 0.29) is 0 Å². The molecular formula is C11H17N7. The van der Waals surface area contributed by atoms with Gasteiger partial charge in [-0.3, -0.25) is 9.78 Å². The number of nitrogens with two attached hydrogens (primary N) is 1. The fourth-order valence-electron chi connectivity index (χ4n) is 2.21. The fraction of sp³-hybridized carbons (Fsp3) is 0.545. The second-order valence-electron chi connectivity index (χ2n) is 4.65. The van der Waals surface area contributed by atoms with Crippen LogP contribution in [0.4, 0.5) is 5.95 Å². The molecule has 0 radical (unpaired) electrons. The first-order valence-electron chi connectivity index (χ1n) is 6.15. The molecule has 1 aliphatic rings. The highest BCUT2D eigenvalue weighted by atomic mass is 15.4. The first kappa shape index (κ1) is 11.2. The van der Waals surface area contributed by atoms with Gasteiger partial charge in [0.25, 0.3) is 0 Å². The van der Waals surface area contributed by atoms with E-state index in [1.54, 1.807) is 10.9 Å². The zero-order valence-electron chi connectivity index (χ0n) is 10.4. The SMILES string of the molecule is Cn1nccc1-c1nc(N2CCC(N)CC2)n[nH]1. The maximum atomic E-state index is 5.89. The Kier molecular flexibility index (Phi) is 2.75. The molecule has 7 heteroatoms. The van der Waals surface area contributed by atoms with Crippen LogP contribution in [0.2, 0.25) is 0 Å². The summed E-state index contributed by atoms with van der Waals surface area (Å²) in [6.07, 6.45) is 3.74. The molecule has 2 aromatic heterocycles. The van der Waals surface area contributed by atoms with Gasteiger partial charge in [0.15, 0.2) is 5.82 Å². The zero-order valence-corrected chi connectivity index (χ0v) is 10.4. The number of hydrogen-bond acceptors (Lipinski definition) is 5. The van der Waals surface area contributed by atoms with E-state index in [1.165, 1.54) is 0 Å². The Bertz CT molecular complexity index is 521. The fourth-order valence-corrected chi connectivity index (χ4v) is 2.21. The van der Waals surface area contributed by atoms with E-state index in [9.17, 15) is 0 Å². The summed E-state index contributed by atoms with van der Waals surface area (Å²) in [5.74, 6) is 1.50. The normalized spacial score (nSPS) is 17.3. The van der Waals surface area contributed by atoms with E-state index in [2.05, 4.69) is 25.2 Å². The van der Waals surface area contributed by atoms with E-state index in [1.807, 2.05) is 13.1 Å². The molecule has 3 heterocycles. The van der Waals surface area contributed by atoms with Crippen molar-refractivity contribution in [3.63, 3.8) is 0 Å². The molecule has 0 aliphatic carbocycles. The van der Waals surface area contributed by atoms with E-state index in [4.69, 9.17) is 5.73 Å². The first-order chi connectivity index (χ1) is 8.74. The number of anilines is 1. The summed E-state index contributed by atoms with van der Waals surface area (Å²) >= 11 is 0. The molecule has 0 bridgehead atoms. The highest BCUT2D eigenvalue weighted by Crippen LogP contribution is 2.19. The number of hydrogen-bond donors (Lipinski definition) is 2. The van der Waals surface area contributed by atoms with Crippen LogP contribution in [0, 0.1) is 0 Å². The number of H-pyrrole nitrogens is 1. The molecule has 0 aromatic carbocycles. The second kappa shape index (κ2) is 4.41. The largest absolute Gasteiger partial charge is 0.339 e. The second-order valence-corrected chi connectivity index (χ2v) is 4.65. The van der Waals surface area contributed by atoms with Crippen molar-refractivity contribution in [1.82, 2.24) is 25.0 Å². The molecule has 18 heavy (non-hydrogen) atoms. The Morgan fingerprint density at radius 2 is 2.17 bits per heavy atom. The summed E-state index contributed by atoms with van der Waals surface area (Å²) in [6.45, 7) is 1.84. The summed E-state index contributed by atoms with van der Waals surface area (Å²) in [5, 5.41) is 11.4. The summed E-state index contributed by atoms with van der Waals surface area (Å²) in [4.78, 5) is 6.69. The number of piperidine rings is 1. The predicted molar refractivity (Wildman–Crippen MR) is 68.0 cm³/mol. The minimum absolute atomic E-state index is 0.316. The smallest absolute Gasteiger partial charge is 0.245 e. The van der Waals surface area contributed by atoms with Crippen LogP contribution in [0.25, 0.3) is 11.5 Å². The molecule has 3 rings (SSSR count). The van der Waals surface area contributed by atoms with Gasteiger partial charge in [-0.25, -0.2) is 0 Å². The van der Waals surface area contributed by atoms with Crippen molar-refractivity contribution in [2.24, 2.45) is 12.8 Å². The van der Waals surface area contributed by atoms with Crippen molar-refractivity contribution in [2.75, 3.05) is 18.0 Å². The van der Waals surface area contributed by atoms with Crippen LogP contribution < -0.4 is 10.6 Å². The van der Waals surface area contributed by atoms with Gasteiger partial charge < -0.3 is 10.6 Å². The topological polar surface area (TPSA) is 88.7 Å². The summed E-state index contributed by atoms with van der Waals surface area (Å²) in [6, 6.07) is 2.23. The van der Waals surface area contributed by atoms with Crippen LogP contribution in [0.5, 0.6) is 0 Å². The van der Waals surface area contributed by atoms with Crippen LogP contribution in [0.15, 0.2) is 12.3 Å². The third-order valence-corrected chi connectivity index (χ3v) is 3.36. The van der Waals surface area contributed by atoms with Crippen LogP contribution >= 0.6 is 0 Å². The van der Waals surface area contributed by atoms with Crippen LogP contribution in [-0.4, -0.2) is 44.1 Å².